The summed E-state index contributed by atoms with van der Waals surface area (Å²) in [5, 5.41) is 0. The van der Waals surface area contributed by atoms with Crippen molar-refractivity contribution < 1.29 is 0 Å². The maximum absolute atomic E-state index is 4.46. The third kappa shape index (κ3) is 2.37. The number of aromatic nitrogens is 2. The van der Waals surface area contributed by atoms with Gasteiger partial charge in [0.25, 0.3) is 0 Å². The first-order chi connectivity index (χ1) is 7.16. The molecule has 2 rings (SSSR count). The number of halogens is 1. The third-order valence-corrected chi connectivity index (χ3v) is 3.44. The van der Waals surface area contributed by atoms with Gasteiger partial charge in [-0.2, -0.15) is 0 Å². The van der Waals surface area contributed by atoms with Crippen LogP contribution in [0.3, 0.4) is 0 Å². The number of hydrogen-bond donors (Lipinski definition) is 0. The molecule has 4 heteroatoms. The molecule has 1 saturated heterocycles. The van der Waals surface area contributed by atoms with Crippen molar-refractivity contribution in [2.24, 2.45) is 0 Å². The van der Waals surface area contributed by atoms with Gasteiger partial charge in [0.15, 0.2) is 0 Å². The SMILES string of the molecule is C=C1CCN(c2ncc(Br)c(C)n2)CC1. The Morgan fingerprint density at radius 2 is 2.07 bits per heavy atom. The van der Waals surface area contributed by atoms with Gasteiger partial charge in [-0.15, -0.1) is 0 Å². The number of nitrogens with zero attached hydrogens (tertiary/aromatic N) is 3. The molecule has 3 nitrogen and oxygen atoms in total. The maximum Gasteiger partial charge on any atom is 0.225 e. The van der Waals surface area contributed by atoms with E-state index < -0.39 is 0 Å². The highest BCUT2D eigenvalue weighted by Crippen LogP contribution is 2.20. The van der Waals surface area contributed by atoms with E-state index in [1.807, 2.05) is 13.1 Å². The zero-order valence-electron chi connectivity index (χ0n) is 8.83. The summed E-state index contributed by atoms with van der Waals surface area (Å²) in [6.07, 6.45) is 3.93. The van der Waals surface area contributed by atoms with Crippen molar-refractivity contribution in [3.8, 4) is 0 Å². The zero-order chi connectivity index (χ0) is 10.8. The van der Waals surface area contributed by atoms with Crippen LogP contribution in [-0.2, 0) is 0 Å². The van der Waals surface area contributed by atoms with Crippen LogP contribution >= 0.6 is 15.9 Å². The summed E-state index contributed by atoms with van der Waals surface area (Å²) in [5.74, 6) is 0.836. The molecule has 0 N–H and O–H groups in total. The van der Waals surface area contributed by atoms with Crippen LogP contribution in [0.5, 0.6) is 0 Å². The number of hydrogen-bond acceptors (Lipinski definition) is 3. The lowest BCUT2D eigenvalue weighted by Gasteiger charge is -2.28. The third-order valence-electron chi connectivity index (χ3n) is 2.66. The van der Waals surface area contributed by atoms with Gasteiger partial charge in [-0.1, -0.05) is 12.2 Å². The van der Waals surface area contributed by atoms with E-state index in [0.717, 1.165) is 42.0 Å². The molecule has 1 aromatic rings. The van der Waals surface area contributed by atoms with Crippen molar-refractivity contribution >= 4 is 21.9 Å². The van der Waals surface area contributed by atoms with E-state index in [0.29, 0.717) is 0 Å². The molecule has 2 heterocycles. The van der Waals surface area contributed by atoms with Gasteiger partial charge in [-0.3, -0.25) is 0 Å². The topological polar surface area (TPSA) is 29.0 Å². The van der Waals surface area contributed by atoms with Gasteiger partial charge in [-0.25, -0.2) is 9.97 Å². The first kappa shape index (κ1) is 10.6. The molecule has 1 aliphatic rings. The van der Waals surface area contributed by atoms with Gasteiger partial charge >= 0.3 is 0 Å². The summed E-state index contributed by atoms with van der Waals surface area (Å²) >= 11 is 3.41. The van der Waals surface area contributed by atoms with Crippen molar-refractivity contribution in [3.05, 3.63) is 28.5 Å². The molecule has 0 aromatic carbocycles. The van der Waals surface area contributed by atoms with Crippen LogP contribution in [0.15, 0.2) is 22.8 Å². The molecule has 0 amide bonds. The van der Waals surface area contributed by atoms with Crippen molar-refractivity contribution in [2.45, 2.75) is 19.8 Å². The lowest BCUT2D eigenvalue weighted by molar-refractivity contribution is 0.668. The fourth-order valence-corrected chi connectivity index (χ4v) is 1.81. The van der Waals surface area contributed by atoms with E-state index in [1.54, 1.807) is 0 Å². The molecule has 15 heavy (non-hydrogen) atoms. The Morgan fingerprint density at radius 1 is 1.40 bits per heavy atom. The van der Waals surface area contributed by atoms with Gasteiger partial charge in [0.05, 0.1) is 10.2 Å². The average Bonchev–Trinajstić information content (AvgIpc) is 2.23. The second kappa shape index (κ2) is 4.31. The zero-order valence-corrected chi connectivity index (χ0v) is 10.4. The lowest BCUT2D eigenvalue weighted by atomic mass is 10.1. The molecule has 80 valence electrons. The largest absolute Gasteiger partial charge is 0.340 e. The fourth-order valence-electron chi connectivity index (χ4n) is 1.62. The summed E-state index contributed by atoms with van der Waals surface area (Å²) in [5.41, 5.74) is 2.32. The molecule has 1 fully saturated rings. The Balaban J connectivity index is 2.16. The predicted molar refractivity (Wildman–Crippen MR) is 65.1 cm³/mol. The van der Waals surface area contributed by atoms with Crippen molar-refractivity contribution in [1.29, 1.82) is 0 Å². The predicted octanol–water partition coefficient (Wildman–Crippen LogP) is 2.70. The molecule has 0 saturated carbocycles. The summed E-state index contributed by atoms with van der Waals surface area (Å²) in [4.78, 5) is 11.0. The van der Waals surface area contributed by atoms with Gasteiger partial charge in [0.2, 0.25) is 5.95 Å². The van der Waals surface area contributed by atoms with Crippen LogP contribution in [0.1, 0.15) is 18.5 Å². The molecule has 0 spiro atoms. The van der Waals surface area contributed by atoms with Crippen molar-refractivity contribution in [1.82, 2.24) is 9.97 Å². The summed E-state index contributed by atoms with van der Waals surface area (Å²) in [7, 11) is 0. The monoisotopic (exact) mass is 267 g/mol. The van der Waals surface area contributed by atoms with Gasteiger partial charge in [0.1, 0.15) is 0 Å². The highest BCUT2D eigenvalue weighted by Gasteiger charge is 2.15. The minimum atomic E-state index is 0.836. The van der Waals surface area contributed by atoms with Crippen LogP contribution in [0.2, 0.25) is 0 Å². The molecule has 0 aliphatic carbocycles. The Kier molecular flexibility index (Phi) is 3.05. The quantitative estimate of drug-likeness (QED) is 0.733. The molecule has 0 atom stereocenters. The fraction of sp³-hybridized carbons (Fsp3) is 0.455. The molecule has 1 aliphatic heterocycles. The Morgan fingerprint density at radius 3 is 2.67 bits per heavy atom. The number of piperidine rings is 1. The highest BCUT2D eigenvalue weighted by molar-refractivity contribution is 9.10. The van der Waals surface area contributed by atoms with Crippen LogP contribution in [0.4, 0.5) is 5.95 Å². The molecular formula is C11H14BrN3. The number of rotatable bonds is 1. The van der Waals surface area contributed by atoms with E-state index in [-0.39, 0.29) is 0 Å². The van der Waals surface area contributed by atoms with Crippen molar-refractivity contribution in [3.63, 3.8) is 0 Å². The van der Waals surface area contributed by atoms with Gasteiger partial charge in [-0.05, 0) is 35.7 Å². The summed E-state index contributed by atoms with van der Waals surface area (Å²) in [6, 6.07) is 0. The molecule has 1 aromatic heterocycles. The highest BCUT2D eigenvalue weighted by atomic mass is 79.9. The van der Waals surface area contributed by atoms with Crippen molar-refractivity contribution in [2.75, 3.05) is 18.0 Å². The van der Waals surface area contributed by atoms with Crippen LogP contribution < -0.4 is 4.90 Å². The molecule has 0 unspecified atom stereocenters. The minimum Gasteiger partial charge on any atom is -0.340 e. The lowest BCUT2D eigenvalue weighted by Crippen LogP contribution is -2.31. The second-order valence-electron chi connectivity index (χ2n) is 3.84. The summed E-state index contributed by atoms with van der Waals surface area (Å²) < 4.78 is 0.965. The second-order valence-corrected chi connectivity index (χ2v) is 4.69. The van der Waals surface area contributed by atoms with Gasteiger partial charge in [0, 0.05) is 19.3 Å². The van der Waals surface area contributed by atoms with E-state index in [1.165, 1.54) is 5.57 Å². The van der Waals surface area contributed by atoms with Crippen LogP contribution in [0, 0.1) is 6.92 Å². The maximum atomic E-state index is 4.46. The van der Waals surface area contributed by atoms with Crippen LogP contribution in [0.25, 0.3) is 0 Å². The summed E-state index contributed by atoms with van der Waals surface area (Å²) in [6.45, 7) is 7.96. The van der Waals surface area contributed by atoms with E-state index >= 15 is 0 Å². The van der Waals surface area contributed by atoms with Gasteiger partial charge < -0.3 is 4.90 Å². The standard InChI is InChI=1S/C11H14BrN3/c1-8-3-5-15(6-4-8)11-13-7-10(12)9(2)14-11/h7H,1,3-6H2,2H3. The molecular weight excluding hydrogens is 254 g/mol. The van der Waals surface area contributed by atoms with E-state index in [4.69, 9.17) is 0 Å². The van der Waals surface area contributed by atoms with E-state index in [9.17, 15) is 0 Å². The molecule has 0 radical (unpaired) electrons. The Hall–Kier alpha value is -0.900. The Labute approximate surface area is 98.4 Å². The average molecular weight is 268 g/mol. The smallest absolute Gasteiger partial charge is 0.225 e. The first-order valence-corrected chi connectivity index (χ1v) is 5.87. The number of anilines is 1. The molecule has 0 bridgehead atoms. The minimum absolute atomic E-state index is 0.836. The number of aryl methyl sites for hydroxylation is 1. The van der Waals surface area contributed by atoms with E-state index in [2.05, 4.69) is 37.4 Å². The first-order valence-electron chi connectivity index (χ1n) is 5.07. The van der Waals surface area contributed by atoms with Crippen LogP contribution in [-0.4, -0.2) is 23.1 Å². The normalized spacial score (nSPS) is 16.9. The Bertz CT molecular complexity index is 379.